The average molecular weight is 438 g/mol. The standard InChI is InChI=1S/C22H30O9/c1-20(2)27-13-22(31-20)19(18-16(11-26-22)29-21(3,4)30-18)28-17(23)12-25-10-14-6-8-15(24-5)9-7-14/h6-9,16,18-19H,10-13H2,1-5H3/t16-,18-,19+,22+/m1/s1. The first-order valence-corrected chi connectivity index (χ1v) is 10.4. The number of fused-ring (bicyclic) bond motifs is 1. The SMILES string of the molecule is COc1ccc(COCC(=O)O[C@H]2[C@@H]3OC(C)(C)O[C@@H]3CO[C@]23COC(C)(C)O3)cc1. The molecule has 4 rings (SSSR count). The molecule has 1 spiro atoms. The summed E-state index contributed by atoms with van der Waals surface area (Å²) in [6.45, 7) is 7.57. The average Bonchev–Trinajstić information content (AvgIpc) is 3.20. The minimum atomic E-state index is -1.26. The lowest BCUT2D eigenvalue weighted by molar-refractivity contribution is -0.329. The van der Waals surface area contributed by atoms with Crippen LogP contribution in [0.15, 0.2) is 24.3 Å². The van der Waals surface area contributed by atoms with E-state index in [9.17, 15) is 4.79 Å². The Bertz CT molecular complexity index is 789. The van der Waals surface area contributed by atoms with E-state index in [1.165, 1.54) is 0 Å². The van der Waals surface area contributed by atoms with Gasteiger partial charge in [0.25, 0.3) is 0 Å². The molecule has 1 aromatic carbocycles. The molecule has 0 N–H and O–H groups in total. The molecule has 0 aromatic heterocycles. The first-order valence-electron chi connectivity index (χ1n) is 10.4. The van der Waals surface area contributed by atoms with Crippen molar-refractivity contribution in [3.63, 3.8) is 0 Å². The molecule has 3 fully saturated rings. The van der Waals surface area contributed by atoms with Gasteiger partial charge in [-0.3, -0.25) is 0 Å². The zero-order valence-corrected chi connectivity index (χ0v) is 18.5. The monoisotopic (exact) mass is 438 g/mol. The van der Waals surface area contributed by atoms with Crippen LogP contribution in [0, 0.1) is 0 Å². The highest BCUT2D eigenvalue weighted by atomic mass is 16.9. The van der Waals surface area contributed by atoms with Gasteiger partial charge in [-0.2, -0.15) is 0 Å². The summed E-state index contributed by atoms with van der Waals surface area (Å²) in [5, 5.41) is 0. The molecule has 3 aliphatic heterocycles. The molecule has 0 saturated carbocycles. The van der Waals surface area contributed by atoms with Crippen LogP contribution < -0.4 is 4.74 Å². The molecular formula is C22H30O9. The third kappa shape index (κ3) is 4.87. The van der Waals surface area contributed by atoms with Crippen molar-refractivity contribution in [2.75, 3.05) is 26.9 Å². The van der Waals surface area contributed by atoms with Crippen molar-refractivity contribution < 1.29 is 42.7 Å². The maximum absolute atomic E-state index is 12.6. The van der Waals surface area contributed by atoms with Crippen LogP contribution in [0.4, 0.5) is 0 Å². The lowest BCUT2D eigenvalue weighted by Gasteiger charge is -2.43. The van der Waals surface area contributed by atoms with Crippen molar-refractivity contribution in [3.8, 4) is 5.75 Å². The van der Waals surface area contributed by atoms with Crippen molar-refractivity contribution in [2.45, 2.75) is 70.0 Å². The van der Waals surface area contributed by atoms with E-state index in [1.54, 1.807) is 21.0 Å². The molecule has 0 unspecified atom stereocenters. The number of ether oxygens (including phenoxy) is 8. The van der Waals surface area contributed by atoms with Gasteiger partial charge in [0.05, 0.1) is 20.3 Å². The van der Waals surface area contributed by atoms with Gasteiger partial charge in [-0.1, -0.05) is 12.1 Å². The van der Waals surface area contributed by atoms with Crippen LogP contribution in [0.1, 0.15) is 33.3 Å². The Labute approximate surface area is 181 Å². The zero-order valence-electron chi connectivity index (χ0n) is 18.5. The minimum absolute atomic E-state index is 0.109. The van der Waals surface area contributed by atoms with Gasteiger partial charge in [-0.05, 0) is 45.4 Å². The maximum Gasteiger partial charge on any atom is 0.332 e. The van der Waals surface area contributed by atoms with Crippen LogP contribution >= 0.6 is 0 Å². The highest BCUT2D eigenvalue weighted by molar-refractivity contribution is 5.71. The Morgan fingerprint density at radius 2 is 1.81 bits per heavy atom. The summed E-state index contributed by atoms with van der Waals surface area (Å²) in [5.41, 5.74) is 0.912. The molecule has 0 bridgehead atoms. The molecule has 9 heteroatoms. The van der Waals surface area contributed by atoms with Crippen LogP contribution in [-0.4, -0.2) is 68.6 Å². The number of hydrogen-bond acceptors (Lipinski definition) is 9. The summed E-state index contributed by atoms with van der Waals surface area (Å²) in [6.07, 6.45) is -1.80. The van der Waals surface area contributed by atoms with E-state index in [-0.39, 0.29) is 32.5 Å². The van der Waals surface area contributed by atoms with Crippen molar-refractivity contribution >= 4 is 5.97 Å². The predicted octanol–water partition coefficient (Wildman–Crippen LogP) is 2.15. The number of carbonyl (C=O) groups excluding carboxylic acids is 1. The van der Waals surface area contributed by atoms with Crippen LogP contribution in [0.2, 0.25) is 0 Å². The molecule has 31 heavy (non-hydrogen) atoms. The van der Waals surface area contributed by atoms with Crippen molar-refractivity contribution in [1.29, 1.82) is 0 Å². The molecule has 4 atom stereocenters. The zero-order chi connectivity index (χ0) is 22.3. The van der Waals surface area contributed by atoms with Crippen LogP contribution in [0.25, 0.3) is 0 Å². The number of hydrogen-bond donors (Lipinski definition) is 0. The summed E-state index contributed by atoms with van der Waals surface area (Å²) >= 11 is 0. The highest BCUT2D eigenvalue weighted by Gasteiger charge is 2.64. The molecular weight excluding hydrogens is 408 g/mol. The van der Waals surface area contributed by atoms with Crippen molar-refractivity contribution in [2.24, 2.45) is 0 Å². The van der Waals surface area contributed by atoms with E-state index in [2.05, 4.69) is 0 Å². The molecule has 172 valence electrons. The lowest BCUT2D eigenvalue weighted by atomic mass is 9.97. The third-order valence-corrected chi connectivity index (χ3v) is 5.39. The van der Waals surface area contributed by atoms with Gasteiger partial charge in [0.1, 0.15) is 31.2 Å². The minimum Gasteiger partial charge on any atom is -0.497 e. The molecule has 0 amide bonds. The number of esters is 1. The second-order valence-electron chi connectivity index (χ2n) is 8.80. The molecule has 0 aliphatic carbocycles. The Balaban J connectivity index is 1.40. The van der Waals surface area contributed by atoms with E-state index < -0.39 is 35.5 Å². The van der Waals surface area contributed by atoms with E-state index in [0.717, 1.165) is 11.3 Å². The van der Waals surface area contributed by atoms with Crippen LogP contribution in [0.3, 0.4) is 0 Å². The number of benzene rings is 1. The molecule has 9 nitrogen and oxygen atoms in total. The van der Waals surface area contributed by atoms with E-state index in [1.807, 2.05) is 38.1 Å². The second kappa shape index (κ2) is 8.31. The summed E-state index contributed by atoms with van der Waals surface area (Å²) in [4.78, 5) is 12.6. The number of carbonyl (C=O) groups is 1. The Hall–Kier alpha value is -1.75. The van der Waals surface area contributed by atoms with Crippen LogP contribution in [0.5, 0.6) is 5.75 Å². The number of methoxy groups -OCH3 is 1. The fourth-order valence-electron chi connectivity index (χ4n) is 4.07. The Kier molecular flexibility index (Phi) is 6.01. The van der Waals surface area contributed by atoms with Gasteiger partial charge in [-0.25, -0.2) is 4.79 Å². The normalized spacial score (nSPS) is 33.3. The van der Waals surface area contributed by atoms with Gasteiger partial charge in [0.2, 0.25) is 5.79 Å². The largest absolute Gasteiger partial charge is 0.497 e. The van der Waals surface area contributed by atoms with Crippen molar-refractivity contribution in [1.82, 2.24) is 0 Å². The topological polar surface area (TPSA) is 90.9 Å². The fourth-order valence-corrected chi connectivity index (χ4v) is 4.07. The van der Waals surface area contributed by atoms with E-state index in [4.69, 9.17) is 37.9 Å². The Morgan fingerprint density at radius 1 is 1.06 bits per heavy atom. The molecule has 3 aliphatic rings. The molecule has 3 heterocycles. The second-order valence-corrected chi connectivity index (χ2v) is 8.80. The predicted molar refractivity (Wildman–Crippen MR) is 106 cm³/mol. The summed E-state index contributed by atoms with van der Waals surface area (Å²) < 4.78 is 46.2. The third-order valence-electron chi connectivity index (χ3n) is 5.39. The van der Waals surface area contributed by atoms with Gasteiger partial charge >= 0.3 is 5.97 Å². The molecule has 1 aromatic rings. The maximum atomic E-state index is 12.6. The van der Waals surface area contributed by atoms with Gasteiger partial charge in [0, 0.05) is 0 Å². The fraction of sp³-hybridized carbons (Fsp3) is 0.682. The van der Waals surface area contributed by atoms with E-state index in [0.29, 0.717) is 0 Å². The van der Waals surface area contributed by atoms with Crippen molar-refractivity contribution in [3.05, 3.63) is 29.8 Å². The lowest BCUT2D eigenvalue weighted by Crippen LogP contribution is -2.63. The first kappa shape index (κ1) is 22.4. The van der Waals surface area contributed by atoms with Gasteiger partial charge in [-0.15, -0.1) is 0 Å². The van der Waals surface area contributed by atoms with E-state index >= 15 is 0 Å². The number of rotatable bonds is 6. The molecule has 3 saturated heterocycles. The van der Waals surface area contributed by atoms with Gasteiger partial charge < -0.3 is 37.9 Å². The molecule has 0 radical (unpaired) electrons. The quantitative estimate of drug-likeness (QED) is 0.620. The summed E-state index contributed by atoms with van der Waals surface area (Å²) in [7, 11) is 1.61. The van der Waals surface area contributed by atoms with Gasteiger partial charge in [0.15, 0.2) is 17.7 Å². The smallest absolute Gasteiger partial charge is 0.332 e. The first-order chi connectivity index (χ1) is 14.6. The summed E-state index contributed by atoms with van der Waals surface area (Å²) in [5.74, 6) is -2.76. The van der Waals surface area contributed by atoms with Crippen LogP contribution in [-0.2, 0) is 44.6 Å². The highest BCUT2D eigenvalue weighted by Crippen LogP contribution is 2.45. The Morgan fingerprint density at radius 3 is 2.45 bits per heavy atom. The summed E-state index contributed by atoms with van der Waals surface area (Å²) in [6, 6.07) is 7.41.